The maximum absolute atomic E-state index is 8.54. The highest BCUT2D eigenvalue weighted by molar-refractivity contribution is 5.05. The second-order valence-corrected chi connectivity index (χ2v) is 1.86. The van der Waals surface area contributed by atoms with Crippen LogP contribution >= 0.6 is 0 Å². The van der Waals surface area contributed by atoms with E-state index in [2.05, 4.69) is 0 Å². The predicted molar refractivity (Wildman–Crippen MR) is 33.3 cm³/mol. The van der Waals surface area contributed by atoms with Crippen LogP contribution in [0.4, 0.5) is 0 Å². The van der Waals surface area contributed by atoms with Gasteiger partial charge < -0.3 is 14.7 Å². The summed E-state index contributed by atoms with van der Waals surface area (Å²) in [6.45, 7) is 0.158. The average molecular weight is 143 g/mol. The fraction of sp³-hybridized carbons (Fsp3) is 0.333. The van der Waals surface area contributed by atoms with Crippen molar-refractivity contribution in [2.45, 2.75) is 13.2 Å². The third kappa shape index (κ3) is 1.57. The molecular formula is C6H9NO3. The van der Waals surface area contributed by atoms with Gasteiger partial charge in [0.1, 0.15) is 18.1 Å². The van der Waals surface area contributed by atoms with Crippen LogP contribution in [0.5, 0.6) is 0 Å². The fourth-order valence-corrected chi connectivity index (χ4v) is 0.680. The Kier molecular flexibility index (Phi) is 2.44. The van der Waals surface area contributed by atoms with Gasteiger partial charge in [0, 0.05) is 0 Å². The zero-order valence-corrected chi connectivity index (χ0v) is 5.37. The lowest BCUT2D eigenvalue weighted by Gasteiger charge is -1.91. The summed E-state index contributed by atoms with van der Waals surface area (Å²) in [5, 5.41) is 16.8. The summed E-state index contributed by atoms with van der Waals surface area (Å²) in [5.41, 5.74) is 1.95. The molecule has 0 aliphatic heterocycles. The van der Waals surface area contributed by atoms with Gasteiger partial charge in [0.15, 0.2) is 0 Å². The first-order valence-electron chi connectivity index (χ1n) is 2.92. The first-order valence-corrected chi connectivity index (χ1v) is 2.92. The molecule has 1 heterocycles. The number of furan rings is 1. The molecule has 1 aromatic heterocycles. The van der Waals surface area contributed by atoms with Crippen molar-refractivity contribution >= 4 is 0 Å². The lowest BCUT2D eigenvalue weighted by molar-refractivity contribution is 0.150. The van der Waals surface area contributed by atoms with E-state index < -0.39 is 0 Å². The highest BCUT2D eigenvalue weighted by Crippen LogP contribution is 2.06. The van der Waals surface area contributed by atoms with Crippen LogP contribution in [0.3, 0.4) is 0 Å². The Morgan fingerprint density at radius 2 is 2.10 bits per heavy atom. The maximum Gasteiger partial charge on any atom is 0.129 e. The van der Waals surface area contributed by atoms with E-state index in [0.29, 0.717) is 11.5 Å². The van der Waals surface area contributed by atoms with Crippen molar-refractivity contribution < 1.29 is 14.7 Å². The Morgan fingerprint density at radius 1 is 1.40 bits per heavy atom. The lowest BCUT2D eigenvalue weighted by atomic mass is 10.4. The number of rotatable bonds is 3. The van der Waals surface area contributed by atoms with Crippen LogP contribution in [0.2, 0.25) is 0 Å². The van der Waals surface area contributed by atoms with Crippen molar-refractivity contribution in [3.05, 3.63) is 23.7 Å². The van der Waals surface area contributed by atoms with E-state index in [1.807, 2.05) is 5.48 Å². The first-order chi connectivity index (χ1) is 4.86. The van der Waals surface area contributed by atoms with Crippen LogP contribution in [-0.2, 0) is 13.2 Å². The molecule has 0 saturated heterocycles. The fourth-order valence-electron chi connectivity index (χ4n) is 0.680. The topological polar surface area (TPSA) is 65.6 Å². The highest BCUT2D eigenvalue weighted by Gasteiger charge is 1.98. The second-order valence-electron chi connectivity index (χ2n) is 1.86. The molecule has 4 nitrogen and oxygen atoms in total. The minimum absolute atomic E-state index is 0.106. The summed E-state index contributed by atoms with van der Waals surface area (Å²) >= 11 is 0. The summed E-state index contributed by atoms with van der Waals surface area (Å²) in [6.07, 6.45) is 0. The lowest BCUT2D eigenvalue weighted by Crippen LogP contribution is -2.04. The largest absolute Gasteiger partial charge is 0.462 e. The molecule has 56 valence electrons. The van der Waals surface area contributed by atoms with Crippen LogP contribution in [0.25, 0.3) is 0 Å². The number of nitrogens with one attached hydrogen (secondary N) is 1. The normalized spacial score (nSPS) is 10.2. The summed E-state index contributed by atoms with van der Waals surface area (Å²) in [4.78, 5) is 0. The zero-order valence-electron chi connectivity index (χ0n) is 5.37. The molecule has 0 aromatic carbocycles. The van der Waals surface area contributed by atoms with Gasteiger partial charge in [0.25, 0.3) is 0 Å². The third-order valence-corrected chi connectivity index (χ3v) is 1.13. The van der Waals surface area contributed by atoms with Gasteiger partial charge in [-0.1, -0.05) is 0 Å². The molecule has 0 atom stereocenters. The van der Waals surface area contributed by atoms with E-state index in [4.69, 9.17) is 14.7 Å². The molecule has 0 aliphatic rings. The smallest absolute Gasteiger partial charge is 0.129 e. The van der Waals surface area contributed by atoms with Gasteiger partial charge in [-0.15, -0.1) is 0 Å². The summed E-state index contributed by atoms with van der Waals surface area (Å²) in [5.74, 6) is 1.11. The van der Waals surface area contributed by atoms with Crippen molar-refractivity contribution in [3.8, 4) is 0 Å². The molecule has 1 aromatic rings. The molecule has 0 fully saturated rings. The molecule has 0 spiro atoms. The van der Waals surface area contributed by atoms with Crippen molar-refractivity contribution in [1.29, 1.82) is 0 Å². The molecule has 0 saturated carbocycles. The number of aliphatic hydroxyl groups is 1. The number of hydroxylamine groups is 1. The van der Waals surface area contributed by atoms with Gasteiger partial charge in [0.2, 0.25) is 0 Å². The van der Waals surface area contributed by atoms with Gasteiger partial charge in [-0.25, -0.2) is 0 Å². The van der Waals surface area contributed by atoms with Crippen molar-refractivity contribution in [3.63, 3.8) is 0 Å². The molecule has 4 heteroatoms. The van der Waals surface area contributed by atoms with Crippen LogP contribution in [0.1, 0.15) is 11.5 Å². The predicted octanol–water partition coefficient (Wildman–Crippen LogP) is 0.251. The summed E-state index contributed by atoms with van der Waals surface area (Å²) < 4.78 is 5.00. The minimum atomic E-state index is -0.106. The summed E-state index contributed by atoms with van der Waals surface area (Å²) in [6, 6.07) is 3.35. The van der Waals surface area contributed by atoms with E-state index in [-0.39, 0.29) is 13.2 Å². The maximum atomic E-state index is 8.54. The van der Waals surface area contributed by atoms with Gasteiger partial charge in [-0.05, 0) is 12.1 Å². The quantitative estimate of drug-likeness (QED) is 0.531. The number of aliphatic hydroxyl groups excluding tert-OH is 1. The van der Waals surface area contributed by atoms with Gasteiger partial charge in [-0.2, -0.15) is 5.48 Å². The zero-order chi connectivity index (χ0) is 7.40. The number of hydrogen-bond acceptors (Lipinski definition) is 4. The van der Waals surface area contributed by atoms with Crippen LogP contribution in [0.15, 0.2) is 16.5 Å². The first kappa shape index (κ1) is 7.27. The average Bonchev–Trinajstić information content (AvgIpc) is 2.37. The molecular weight excluding hydrogens is 134 g/mol. The molecule has 0 bridgehead atoms. The number of hydrogen-bond donors (Lipinski definition) is 3. The van der Waals surface area contributed by atoms with E-state index in [1.54, 1.807) is 12.1 Å². The molecule has 1 rings (SSSR count). The third-order valence-electron chi connectivity index (χ3n) is 1.13. The molecule has 0 aliphatic carbocycles. The minimum Gasteiger partial charge on any atom is -0.462 e. The van der Waals surface area contributed by atoms with Gasteiger partial charge in [-0.3, -0.25) is 0 Å². The Balaban J connectivity index is 2.59. The van der Waals surface area contributed by atoms with Crippen LogP contribution in [-0.4, -0.2) is 10.3 Å². The van der Waals surface area contributed by atoms with Crippen molar-refractivity contribution in [2.24, 2.45) is 0 Å². The van der Waals surface area contributed by atoms with Gasteiger partial charge >= 0.3 is 0 Å². The van der Waals surface area contributed by atoms with E-state index in [0.717, 1.165) is 0 Å². The SMILES string of the molecule is OCc1ccc(CNO)o1. The summed E-state index contributed by atoms with van der Waals surface area (Å²) in [7, 11) is 0. The van der Waals surface area contributed by atoms with E-state index in [1.165, 1.54) is 0 Å². The van der Waals surface area contributed by atoms with Crippen molar-refractivity contribution in [1.82, 2.24) is 5.48 Å². The molecule has 10 heavy (non-hydrogen) atoms. The molecule has 3 N–H and O–H groups in total. The monoisotopic (exact) mass is 143 g/mol. The Labute approximate surface area is 58.0 Å². The second kappa shape index (κ2) is 3.36. The Morgan fingerprint density at radius 3 is 2.60 bits per heavy atom. The van der Waals surface area contributed by atoms with Crippen molar-refractivity contribution in [2.75, 3.05) is 0 Å². The van der Waals surface area contributed by atoms with E-state index in [9.17, 15) is 0 Å². The van der Waals surface area contributed by atoms with Crippen LogP contribution < -0.4 is 5.48 Å². The molecule has 0 unspecified atom stereocenters. The molecule has 0 radical (unpaired) electrons. The van der Waals surface area contributed by atoms with E-state index >= 15 is 0 Å². The highest BCUT2D eigenvalue weighted by atomic mass is 16.5. The van der Waals surface area contributed by atoms with Gasteiger partial charge in [0.05, 0.1) is 6.54 Å². The van der Waals surface area contributed by atoms with Crippen LogP contribution in [0, 0.1) is 0 Å². The standard InChI is InChI=1S/C6H9NO3/c8-4-6-2-1-5(10-6)3-7-9/h1-2,7-9H,3-4H2. The molecule has 0 amide bonds. The Bertz CT molecular complexity index is 197. The Hall–Kier alpha value is -0.840.